The third kappa shape index (κ3) is 5.85. The van der Waals surface area contributed by atoms with E-state index >= 15 is 4.39 Å². The van der Waals surface area contributed by atoms with Crippen molar-refractivity contribution in [1.82, 2.24) is 19.9 Å². The molecule has 0 unspecified atom stereocenters. The zero-order chi connectivity index (χ0) is 32.6. The van der Waals surface area contributed by atoms with Crippen molar-refractivity contribution in [1.29, 1.82) is 5.41 Å². The van der Waals surface area contributed by atoms with Crippen LogP contribution in [0.4, 0.5) is 8.78 Å². The first-order chi connectivity index (χ1) is 21.3. The van der Waals surface area contributed by atoms with Crippen LogP contribution in [0.25, 0.3) is 0 Å². The summed E-state index contributed by atoms with van der Waals surface area (Å²) in [5, 5.41) is 25.9. The summed E-state index contributed by atoms with van der Waals surface area (Å²) in [5.74, 6) is -7.28. The molecular formula is C27H21F2N7O8S. The van der Waals surface area contributed by atoms with Gasteiger partial charge < -0.3 is 30.3 Å². The van der Waals surface area contributed by atoms with Gasteiger partial charge >= 0.3 is 5.97 Å². The van der Waals surface area contributed by atoms with Gasteiger partial charge in [-0.15, -0.1) is 0 Å². The molecule has 5 rings (SSSR count). The Kier molecular flexibility index (Phi) is 7.90. The predicted octanol–water partition coefficient (Wildman–Crippen LogP) is 2.24. The number of likely N-dealkylation sites (N-methyl/N-ethyl adjacent to an activating group) is 1. The van der Waals surface area contributed by atoms with E-state index in [9.17, 15) is 27.5 Å². The van der Waals surface area contributed by atoms with Crippen molar-refractivity contribution in [2.75, 3.05) is 20.1 Å². The number of carboxylic acids is 1. The molecule has 0 bridgehead atoms. The fourth-order valence-corrected chi connectivity index (χ4v) is 5.28. The fraction of sp³-hybridized carbons (Fsp3) is 0.111. The highest BCUT2D eigenvalue weighted by atomic mass is 32.2. The van der Waals surface area contributed by atoms with Crippen LogP contribution in [-0.2, 0) is 9.84 Å². The summed E-state index contributed by atoms with van der Waals surface area (Å²) in [6, 6.07) is 6.83. The summed E-state index contributed by atoms with van der Waals surface area (Å²) in [6.45, 7) is 0.739. The zero-order valence-electron chi connectivity index (χ0n) is 22.9. The number of aromatic carboxylic acids is 1. The van der Waals surface area contributed by atoms with E-state index in [1.54, 1.807) is 11.9 Å². The van der Waals surface area contributed by atoms with Crippen molar-refractivity contribution >= 4 is 27.5 Å². The first-order valence-electron chi connectivity index (χ1n) is 12.6. The molecule has 0 fully saturated rings. The van der Waals surface area contributed by atoms with Crippen LogP contribution in [0.1, 0.15) is 21.5 Å². The van der Waals surface area contributed by atoms with Gasteiger partial charge in [0.05, 0.1) is 29.4 Å². The van der Waals surface area contributed by atoms with E-state index in [0.29, 0.717) is 25.5 Å². The summed E-state index contributed by atoms with van der Waals surface area (Å²) in [5.41, 5.74) is 3.61. The number of nitrogens with one attached hydrogen (secondary N) is 2. The SMILES string of the molecule is CN1CCN=C1c1cc(S(=O)(=O)c2ncc(C(=O)O)c(=O)[nH]2)ccc1Oc1c(F)cnc(Oc2cc(C(=N)N)ccc2O)c1F. The van der Waals surface area contributed by atoms with E-state index in [4.69, 9.17) is 25.7 Å². The number of sulfone groups is 1. The number of hydrogen-bond acceptors (Lipinski definition) is 12. The number of hydrogen-bond donors (Lipinski definition) is 5. The van der Waals surface area contributed by atoms with E-state index in [1.807, 2.05) is 4.98 Å². The number of carbonyl (C=O) groups is 1. The van der Waals surface area contributed by atoms with Crippen LogP contribution in [0.5, 0.6) is 28.9 Å². The maximum absolute atomic E-state index is 15.6. The number of nitrogen functional groups attached to an aromatic ring is 1. The summed E-state index contributed by atoms with van der Waals surface area (Å²) in [7, 11) is -2.91. The molecule has 0 spiro atoms. The minimum atomic E-state index is -4.55. The Labute approximate surface area is 251 Å². The number of aliphatic imine (C=N–C) groups is 1. The number of carboxylic acid groups (broad SMARTS) is 1. The van der Waals surface area contributed by atoms with Gasteiger partial charge in [-0.2, -0.15) is 4.39 Å². The molecule has 4 aromatic rings. The highest BCUT2D eigenvalue weighted by Gasteiger charge is 2.28. The van der Waals surface area contributed by atoms with Crippen LogP contribution in [0.2, 0.25) is 0 Å². The molecule has 0 atom stereocenters. The Morgan fingerprint density at radius 2 is 1.87 bits per heavy atom. The van der Waals surface area contributed by atoms with Gasteiger partial charge in [-0.05, 0) is 36.4 Å². The van der Waals surface area contributed by atoms with Crippen LogP contribution in [0.15, 0.2) is 68.6 Å². The first kappa shape index (κ1) is 30.5. The third-order valence-electron chi connectivity index (χ3n) is 6.41. The smallest absolute Gasteiger partial charge is 0.342 e. The maximum Gasteiger partial charge on any atom is 0.342 e. The van der Waals surface area contributed by atoms with Gasteiger partial charge in [0.25, 0.3) is 11.4 Å². The predicted molar refractivity (Wildman–Crippen MR) is 151 cm³/mol. The molecule has 18 heteroatoms. The number of nitrogens with zero attached hydrogens (tertiary/aromatic N) is 4. The highest BCUT2D eigenvalue weighted by Crippen LogP contribution is 2.38. The number of rotatable bonds is 9. The second kappa shape index (κ2) is 11.6. The van der Waals surface area contributed by atoms with Gasteiger partial charge in [-0.3, -0.25) is 20.2 Å². The Morgan fingerprint density at radius 3 is 2.51 bits per heavy atom. The lowest BCUT2D eigenvalue weighted by molar-refractivity contribution is 0.0694. The molecule has 0 saturated carbocycles. The number of aromatic nitrogens is 3. The topological polar surface area (TPSA) is 234 Å². The molecule has 6 N–H and O–H groups in total. The molecule has 2 aromatic carbocycles. The third-order valence-corrected chi connectivity index (χ3v) is 8.00. The summed E-state index contributed by atoms with van der Waals surface area (Å²) < 4.78 is 68.1. The lowest BCUT2D eigenvalue weighted by Crippen LogP contribution is -2.24. The highest BCUT2D eigenvalue weighted by molar-refractivity contribution is 7.91. The summed E-state index contributed by atoms with van der Waals surface area (Å²) in [6.07, 6.45) is 1.20. The van der Waals surface area contributed by atoms with Crippen molar-refractivity contribution in [2.24, 2.45) is 10.7 Å². The van der Waals surface area contributed by atoms with E-state index in [2.05, 4.69) is 15.0 Å². The molecule has 2 aromatic heterocycles. The Morgan fingerprint density at radius 1 is 1.11 bits per heavy atom. The molecule has 0 radical (unpaired) electrons. The van der Waals surface area contributed by atoms with Gasteiger partial charge in [0.2, 0.25) is 26.6 Å². The molecule has 232 valence electrons. The lowest BCUT2D eigenvalue weighted by atomic mass is 10.1. The standard InChI is InChI=1S/C27H21F2N7O8S/c1-36-7-6-32-23(36)14-9-13(45(41,42)27-34-10-15(26(39)40)24(38)35-27)3-5-18(14)43-21-16(28)11-33-25(20(21)29)44-19-8-12(22(30)31)2-4-17(19)37/h2-5,8-11,37H,6-7H2,1H3,(H3,30,31)(H,39,40)(H,34,35,38). The molecule has 15 nitrogen and oxygen atoms in total. The quantitative estimate of drug-likeness (QED) is 0.101. The van der Waals surface area contributed by atoms with Gasteiger partial charge in [0, 0.05) is 19.2 Å². The largest absolute Gasteiger partial charge is 0.504 e. The Balaban J connectivity index is 1.56. The number of ether oxygens (including phenoxy) is 2. The van der Waals surface area contributed by atoms with E-state index in [0.717, 1.165) is 30.3 Å². The van der Waals surface area contributed by atoms with Crippen LogP contribution < -0.4 is 20.8 Å². The molecule has 3 heterocycles. The van der Waals surface area contributed by atoms with Crippen LogP contribution in [0.3, 0.4) is 0 Å². The number of aromatic amines is 1. The molecule has 0 aliphatic carbocycles. The average Bonchev–Trinajstić information content (AvgIpc) is 3.42. The number of phenolic OH excluding ortho intramolecular Hbond substituents is 1. The van der Waals surface area contributed by atoms with Crippen molar-refractivity contribution in [3.63, 3.8) is 0 Å². The monoisotopic (exact) mass is 641 g/mol. The van der Waals surface area contributed by atoms with Crippen molar-refractivity contribution < 1.29 is 41.7 Å². The lowest BCUT2D eigenvalue weighted by Gasteiger charge is -2.19. The number of nitrogens with two attached hydrogens (primary N) is 1. The second-order valence-corrected chi connectivity index (χ2v) is 11.2. The average molecular weight is 642 g/mol. The Hall–Kier alpha value is -5.91. The normalized spacial score (nSPS) is 13.0. The van der Waals surface area contributed by atoms with Crippen molar-refractivity contribution in [2.45, 2.75) is 10.1 Å². The van der Waals surface area contributed by atoms with Gasteiger partial charge in [-0.25, -0.2) is 27.6 Å². The molecule has 45 heavy (non-hydrogen) atoms. The number of pyridine rings is 1. The molecule has 1 aliphatic heterocycles. The second-order valence-electron chi connectivity index (χ2n) is 9.38. The van der Waals surface area contributed by atoms with Gasteiger partial charge in [-0.1, -0.05) is 0 Å². The van der Waals surface area contributed by atoms with Gasteiger partial charge in [0.1, 0.15) is 23.0 Å². The number of aromatic hydroxyl groups is 1. The molecule has 0 saturated heterocycles. The molecule has 1 aliphatic rings. The van der Waals surface area contributed by atoms with Crippen LogP contribution >= 0.6 is 0 Å². The van der Waals surface area contributed by atoms with Crippen molar-refractivity contribution in [3.8, 4) is 28.9 Å². The summed E-state index contributed by atoms with van der Waals surface area (Å²) in [4.78, 5) is 37.9. The minimum absolute atomic E-state index is 0.00883. The number of phenols is 1. The minimum Gasteiger partial charge on any atom is -0.504 e. The summed E-state index contributed by atoms with van der Waals surface area (Å²) >= 11 is 0. The number of benzene rings is 2. The molecule has 0 amide bonds. The number of amidine groups is 2. The van der Waals surface area contributed by atoms with E-state index < -0.39 is 66.0 Å². The number of halogens is 2. The molecular weight excluding hydrogens is 620 g/mol. The van der Waals surface area contributed by atoms with Crippen LogP contribution in [0, 0.1) is 17.0 Å². The van der Waals surface area contributed by atoms with Gasteiger partial charge in [0.15, 0.2) is 17.3 Å². The maximum atomic E-state index is 15.6. The van der Waals surface area contributed by atoms with E-state index in [1.165, 1.54) is 6.07 Å². The first-order valence-corrected chi connectivity index (χ1v) is 14.1. The fourth-order valence-electron chi connectivity index (χ4n) is 4.12. The van der Waals surface area contributed by atoms with E-state index in [-0.39, 0.29) is 34.3 Å². The van der Waals surface area contributed by atoms with Crippen molar-refractivity contribution in [3.05, 3.63) is 87.5 Å². The zero-order valence-corrected chi connectivity index (χ0v) is 23.7. The van der Waals surface area contributed by atoms with Crippen LogP contribution in [-0.4, -0.2) is 76.3 Å². The number of H-pyrrole nitrogens is 1. The Bertz CT molecular complexity index is 2090.